The van der Waals surface area contributed by atoms with Crippen LogP contribution < -0.4 is 0 Å². The molecule has 0 aliphatic heterocycles. The monoisotopic (exact) mass is 702 g/mol. The average Bonchev–Trinajstić information content (AvgIpc) is 3.08. The summed E-state index contributed by atoms with van der Waals surface area (Å²) < 4.78 is 69.9. The van der Waals surface area contributed by atoms with Crippen molar-refractivity contribution in [2.45, 2.75) is 32.6 Å². The Balaban J connectivity index is 3.09. The minimum absolute atomic E-state index is 0.0595. The molecule has 0 aromatic heterocycles. The Morgan fingerprint density at radius 2 is 0.583 bits per heavy atom. The van der Waals surface area contributed by atoms with Crippen molar-refractivity contribution in [3.63, 3.8) is 0 Å². The third-order valence-corrected chi connectivity index (χ3v) is 5.81. The number of carboxylic acids is 1. The molecule has 0 bridgehead atoms. The Morgan fingerprint density at radius 1 is 0.354 bits per heavy atom. The van der Waals surface area contributed by atoms with Gasteiger partial charge in [-0.2, -0.15) is 0 Å². The normalized spacial score (nSPS) is 11.4. The van der Waals surface area contributed by atoms with E-state index in [0.29, 0.717) is 165 Å². The van der Waals surface area contributed by atoms with Gasteiger partial charge in [-0.15, -0.1) is 0 Å². The number of rotatable bonds is 42. The number of carboxylic acid groups (broad SMARTS) is 1. The molecule has 0 amide bonds. The molecule has 0 aromatic carbocycles. The second-order valence-corrected chi connectivity index (χ2v) is 9.75. The van der Waals surface area contributed by atoms with Crippen molar-refractivity contribution in [1.29, 1.82) is 0 Å². The van der Waals surface area contributed by atoms with Gasteiger partial charge in [0.2, 0.25) is 0 Å². The number of hydrogen-bond acceptors (Lipinski definition) is 15. The van der Waals surface area contributed by atoms with Gasteiger partial charge < -0.3 is 66.7 Å². The van der Waals surface area contributed by atoms with Crippen LogP contribution in [0.2, 0.25) is 0 Å². The maximum absolute atomic E-state index is 11.5. The first-order valence-electron chi connectivity index (χ1n) is 17.0. The van der Waals surface area contributed by atoms with E-state index in [1.165, 1.54) is 0 Å². The predicted octanol–water partition coefficient (Wildman–Crippen LogP) is 1.39. The van der Waals surface area contributed by atoms with E-state index >= 15 is 0 Å². The van der Waals surface area contributed by atoms with Gasteiger partial charge in [0.05, 0.1) is 152 Å². The summed E-state index contributed by atoms with van der Waals surface area (Å²) in [6.07, 6.45) is 1.23. The molecular weight excluding hydrogens is 640 g/mol. The summed E-state index contributed by atoms with van der Waals surface area (Å²) >= 11 is 0. The average molecular weight is 703 g/mol. The third-order valence-electron chi connectivity index (χ3n) is 5.81. The molecule has 0 heterocycles. The van der Waals surface area contributed by atoms with E-state index in [9.17, 15) is 9.59 Å². The van der Waals surface area contributed by atoms with Crippen molar-refractivity contribution in [1.82, 2.24) is 0 Å². The summed E-state index contributed by atoms with van der Waals surface area (Å²) in [5.41, 5.74) is 0. The maximum atomic E-state index is 11.5. The van der Waals surface area contributed by atoms with E-state index in [-0.39, 0.29) is 32.0 Å². The third kappa shape index (κ3) is 42.5. The lowest BCUT2D eigenvalue weighted by molar-refractivity contribution is -0.146. The molecule has 0 aliphatic carbocycles. The van der Waals surface area contributed by atoms with Gasteiger partial charge in [-0.3, -0.25) is 9.59 Å². The summed E-state index contributed by atoms with van der Waals surface area (Å²) in [7, 11) is 0. The van der Waals surface area contributed by atoms with Crippen LogP contribution in [0.25, 0.3) is 0 Å². The number of hydrogen-bond donors (Lipinski definition) is 1. The molecule has 16 nitrogen and oxygen atoms in total. The van der Waals surface area contributed by atoms with Gasteiger partial charge in [-0.05, 0) is 19.8 Å². The van der Waals surface area contributed by atoms with Crippen LogP contribution in [0.5, 0.6) is 0 Å². The molecule has 0 fully saturated rings. The Morgan fingerprint density at radius 3 is 0.833 bits per heavy atom. The van der Waals surface area contributed by atoms with Crippen LogP contribution in [0.3, 0.4) is 0 Å². The fraction of sp³-hybridized carbons (Fsp3) is 0.938. The lowest BCUT2D eigenvalue weighted by Crippen LogP contribution is -2.15. The first-order valence-corrected chi connectivity index (χ1v) is 17.0. The lowest BCUT2D eigenvalue weighted by Gasteiger charge is -2.09. The van der Waals surface area contributed by atoms with Crippen LogP contribution in [0, 0.1) is 0 Å². The summed E-state index contributed by atoms with van der Waals surface area (Å²) in [6, 6.07) is 0. The Hall–Kier alpha value is -1.54. The summed E-state index contributed by atoms with van der Waals surface area (Å²) in [6.45, 7) is 14.0. The second-order valence-electron chi connectivity index (χ2n) is 9.75. The summed E-state index contributed by atoms with van der Waals surface area (Å²) in [5.74, 6) is -1.21. The molecule has 0 unspecified atom stereocenters. The quantitative estimate of drug-likeness (QED) is 0.0713. The SMILES string of the molecule is CCOCCOCCOCCOCCOCCOCCOCCOCCOCCOCCOCCOCCOC(=O)CCCCC(=O)O. The van der Waals surface area contributed by atoms with Crippen molar-refractivity contribution in [3.05, 3.63) is 0 Å². The zero-order valence-corrected chi connectivity index (χ0v) is 29.1. The molecular formula is C32H62O16. The molecule has 1 N–H and O–H groups in total. The fourth-order valence-electron chi connectivity index (χ4n) is 3.40. The molecule has 0 saturated carbocycles. The highest BCUT2D eigenvalue weighted by Crippen LogP contribution is 2.01. The van der Waals surface area contributed by atoms with E-state index in [4.69, 9.17) is 66.7 Å². The van der Waals surface area contributed by atoms with E-state index in [2.05, 4.69) is 0 Å². The van der Waals surface area contributed by atoms with E-state index in [1.54, 1.807) is 0 Å². The van der Waals surface area contributed by atoms with Gasteiger partial charge in [0.15, 0.2) is 0 Å². The molecule has 0 saturated heterocycles. The Kier molecular flexibility index (Phi) is 40.3. The molecule has 0 aromatic rings. The highest BCUT2D eigenvalue weighted by Gasteiger charge is 2.04. The number of carbonyl (C=O) groups excluding carboxylic acids is 1. The van der Waals surface area contributed by atoms with Crippen molar-refractivity contribution >= 4 is 11.9 Å². The van der Waals surface area contributed by atoms with Gasteiger partial charge in [-0.1, -0.05) is 0 Å². The second kappa shape index (κ2) is 41.6. The number of aliphatic carboxylic acids is 1. The molecule has 0 rings (SSSR count). The summed E-state index contributed by atoms with van der Waals surface area (Å²) in [5, 5.41) is 8.55. The van der Waals surface area contributed by atoms with Crippen LogP contribution in [-0.4, -0.2) is 182 Å². The molecule has 48 heavy (non-hydrogen) atoms. The number of unbranched alkanes of at least 4 members (excludes halogenated alkanes) is 1. The number of ether oxygens (including phenoxy) is 13. The zero-order chi connectivity index (χ0) is 34.9. The van der Waals surface area contributed by atoms with Crippen LogP contribution in [-0.2, 0) is 71.2 Å². The molecule has 0 atom stereocenters. The largest absolute Gasteiger partial charge is 0.481 e. The van der Waals surface area contributed by atoms with Crippen molar-refractivity contribution < 1.29 is 76.3 Å². The standard InChI is InChI=1S/C32H62O16/c1-2-36-7-8-37-9-10-38-11-12-39-13-14-40-15-16-41-17-18-42-19-20-43-21-22-44-23-24-45-25-26-46-27-28-47-29-30-48-32(35)6-4-3-5-31(33)34/h2-30H2,1H3,(H,33,34). The zero-order valence-electron chi connectivity index (χ0n) is 29.1. The predicted molar refractivity (Wildman–Crippen MR) is 173 cm³/mol. The van der Waals surface area contributed by atoms with Crippen molar-refractivity contribution in [2.75, 3.05) is 165 Å². The first-order chi connectivity index (χ1) is 23.7. The van der Waals surface area contributed by atoms with E-state index in [1.807, 2.05) is 6.92 Å². The molecule has 0 spiro atoms. The van der Waals surface area contributed by atoms with Gasteiger partial charge >= 0.3 is 11.9 Å². The summed E-state index contributed by atoms with van der Waals surface area (Å²) in [4.78, 5) is 21.9. The molecule has 0 radical (unpaired) electrons. The highest BCUT2D eigenvalue weighted by molar-refractivity contribution is 5.69. The minimum Gasteiger partial charge on any atom is -0.481 e. The molecule has 286 valence electrons. The van der Waals surface area contributed by atoms with Gasteiger partial charge in [-0.25, -0.2) is 0 Å². The van der Waals surface area contributed by atoms with E-state index < -0.39 is 5.97 Å². The Bertz CT molecular complexity index is 658. The van der Waals surface area contributed by atoms with Crippen LogP contribution in [0.15, 0.2) is 0 Å². The maximum Gasteiger partial charge on any atom is 0.305 e. The lowest BCUT2D eigenvalue weighted by atomic mass is 10.2. The smallest absolute Gasteiger partial charge is 0.305 e. The minimum atomic E-state index is -0.863. The van der Waals surface area contributed by atoms with Gasteiger partial charge in [0.25, 0.3) is 0 Å². The fourth-order valence-corrected chi connectivity index (χ4v) is 3.40. The number of carbonyl (C=O) groups is 2. The van der Waals surface area contributed by atoms with Crippen molar-refractivity contribution in [2.24, 2.45) is 0 Å². The van der Waals surface area contributed by atoms with Crippen LogP contribution >= 0.6 is 0 Å². The van der Waals surface area contributed by atoms with Gasteiger partial charge in [0.1, 0.15) is 6.61 Å². The number of esters is 1. The van der Waals surface area contributed by atoms with E-state index in [0.717, 1.165) is 0 Å². The highest BCUT2D eigenvalue weighted by atomic mass is 16.6. The first kappa shape index (κ1) is 46.5. The van der Waals surface area contributed by atoms with Crippen LogP contribution in [0.1, 0.15) is 32.6 Å². The van der Waals surface area contributed by atoms with Crippen molar-refractivity contribution in [3.8, 4) is 0 Å². The van der Waals surface area contributed by atoms with Gasteiger partial charge in [0, 0.05) is 19.4 Å². The molecule has 16 heteroatoms. The molecule has 0 aliphatic rings. The Labute approximate surface area is 286 Å². The topological polar surface area (TPSA) is 174 Å². The van der Waals surface area contributed by atoms with Crippen LogP contribution in [0.4, 0.5) is 0 Å².